The summed E-state index contributed by atoms with van der Waals surface area (Å²) < 4.78 is 38.2. The number of rotatable bonds is 8. The number of ether oxygens (including phenoxy) is 2. The van der Waals surface area contributed by atoms with Crippen molar-refractivity contribution < 1.29 is 18.3 Å². The first kappa shape index (κ1) is 17.7. The van der Waals surface area contributed by atoms with E-state index in [0.29, 0.717) is 6.61 Å². The van der Waals surface area contributed by atoms with Crippen LogP contribution in [0.5, 0.6) is 11.5 Å². The number of nitrogens with zero attached hydrogens (tertiary/aromatic N) is 1. The lowest BCUT2D eigenvalue weighted by Gasteiger charge is -2.09. The molecule has 0 amide bonds. The van der Waals surface area contributed by atoms with Crippen LogP contribution >= 0.6 is 0 Å². The Kier molecular flexibility index (Phi) is 6.56. The lowest BCUT2D eigenvalue weighted by Crippen LogP contribution is -2.01. The Morgan fingerprint density at radius 3 is 2.38 bits per heavy atom. The Bertz CT molecular complexity index is 709. The first-order chi connectivity index (χ1) is 11.7. The molecule has 2 aromatic rings. The molecule has 2 aromatic carbocycles. The van der Waals surface area contributed by atoms with Gasteiger partial charge in [-0.05, 0) is 36.2 Å². The molecule has 0 heterocycles. The highest BCUT2D eigenvalue weighted by molar-refractivity contribution is 5.38. The maximum atomic E-state index is 13.7. The standard InChI is InChI=1S/C19H19F2NO2/c1-2-3-4-11-23-16-8-5-14(6-9-16)13-24-17-10-7-15(12-22)18(20)19(17)21/h5-10H,2-4,11,13H2,1H3. The van der Waals surface area contributed by atoms with Crippen molar-refractivity contribution >= 4 is 0 Å². The second kappa shape index (κ2) is 8.88. The quantitative estimate of drug-likeness (QED) is 0.640. The third-order valence-corrected chi connectivity index (χ3v) is 3.50. The lowest BCUT2D eigenvalue weighted by atomic mass is 10.2. The van der Waals surface area contributed by atoms with E-state index in [1.54, 1.807) is 6.07 Å². The van der Waals surface area contributed by atoms with Gasteiger partial charge in [-0.15, -0.1) is 0 Å². The van der Waals surface area contributed by atoms with Gasteiger partial charge in [-0.25, -0.2) is 4.39 Å². The van der Waals surface area contributed by atoms with E-state index >= 15 is 0 Å². The number of benzene rings is 2. The lowest BCUT2D eigenvalue weighted by molar-refractivity contribution is 0.283. The highest BCUT2D eigenvalue weighted by Crippen LogP contribution is 2.23. The molecule has 0 aromatic heterocycles. The van der Waals surface area contributed by atoms with Crippen LogP contribution in [0.25, 0.3) is 0 Å². The summed E-state index contributed by atoms with van der Waals surface area (Å²) >= 11 is 0. The molecule has 3 nitrogen and oxygen atoms in total. The Morgan fingerprint density at radius 1 is 0.958 bits per heavy atom. The van der Waals surface area contributed by atoms with Crippen molar-refractivity contribution in [2.45, 2.75) is 32.8 Å². The fraction of sp³-hybridized carbons (Fsp3) is 0.316. The summed E-state index contributed by atoms with van der Waals surface area (Å²) in [6.07, 6.45) is 3.30. The van der Waals surface area contributed by atoms with Crippen LogP contribution in [0.4, 0.5) is 8.78 Å². The summed E-state index contributed by atoms with van der Waals surface area (Å²) in [5.74, 6) is -1.78. The minimum atomic E-state index is -1.19. The predicted molar refractivity (Wildman–Crippen MR) is 86.9 cm³/mol. The zero-order valence-corrected chi connectivity index (χ0v) is 13.5. The summed E-state index contributed by atoms with van der Waals surface area (Å²) in [7, 11) is 0. The van der Waals surface area contributed by atoms with Crippen LogP contribution in [-0.4, -0.2) is 6.61 Å². The van der Waals surface area contributed by atoms with Crippen LogP contribution in [0.15, 0.2) is 36.4 Å². The van der Waals surface area contributed by atoms with E-state index < -0.39 is 11.6 Å². The Labute approximate surface area is 140 Å². The highest BCUT2D eigenvalue weighted by atomic mass is 19.2. The van der Waals surface area contributed by atoms with Crippen LogP contribution in [0, 0.1) is 23.0 Å². The van der Waals surface area contributed by atoms with Gasteiger partial charge < -0.3 is 9.47 Å². The average Bonchev–Trinajstić information content (AvgIpc) is 2.61. The molecule has 126 valence electrons. The predicted octanol–water partition coefficient (Wildman–Crippen LogP) is 4.98. The normalized spacial score (nSPS) is 10.2. The van der Waals surface area contributed by atoms with E-state index in [1.807, 2.05) is 24.3 Å². The van der Waals surface area contributed by atoms with Crippen LogP contribution in [0.1, 0.15) is 37.3 Å². The van der Waals surface area contributed by atoms with E-state index in [4.69, 9.17) is 14.7 Å². The fourth-order valence-corrected chi connectivity index (χ4v) is 2.11. The maximum absolute atomic E-state index is 13.7. The number of hydrogen-bond acceptors (Lipinski definition) is 3. The van der Waals surface area contributed by atoms with Crippen molar-refractivity contribution in [1.82, 2.24) is 0 Å². The van der Waals surface area contributed by atoms with Crippen molar-refractivity contribution in [3.8, 4) is 17.6 Å². The van der Waals surface area contributed by atoms with E-state index in [-0.39, 0.29) is 17.9 Å². The van der Waals surface area contributed by atoms with Gasteiger partial charge in [-0.2, -0.15) is 9.65 Å². The summed E-state index contributed by atoms with van der Waals surface area (Å²) in [5, 5.41) is 8.65. The van der Waals surface area contributed by atoms with Crippen molar-refractivity contribution in [2.24, 2.45) is 0 Å². The molecule has 0 aliphatic carbocycles. The van der Waals surface area contributed by atoms with Gasteiger partial charge in [0, 0.05) is 0 Å². The molecule has 5 heteroatoms. The molecule has 0 saturated heterocycles. The maximum Gasteiger partial charge on any atom is 0.202 e. The molecular weight excluding hydrogens is 312 g/mol. The molecule has 0 aliphatic rings. The number of nitriles is 1. The van der Waals surface area contributed by atoms with Crippen LogP contribution in [0.3, 0.4) is 0 Å². The van der Waals surface area contributed by atoms with Gasteiger partial charge in [0.1, 0.15) is 18.4 Å². The van der Waals surface area contributed by atoms with Crippen molar-refractivity contribution in [3.05, 3.63) is 59.2 Å². The second-order valence-corrected chi connectivity index (χ2v) is 5.34. The Morgan fingerprint density at radius 2 is 1.71 bits per heavy atom. The molecule has 0 fully saturated rings. The van der Waals surface area contributed by atoms with Gasteiger partial charge in [0.05, 0.1) is 12.2 Å². The fourth-order valence-electron chi connectivity index (χ4n) is 2.11. The SMILES string of the molecule is CCCCCOc1ccc(COc2ccc(C#N)c(F)c2F)cc1. The molecule has 0 saturated carbocycles. The zero-order chi connectivity index (χ0) is 17.4. The van der Waals surface area contributed by atoms with Gasteiger partial charge >= 0.3 is 0 Å². The van der Waals surface area contributed by atoms with Crippen molar-refractivity contribution in [1.29, 1.82) is 5.26 Å². The third kappa shape index (κ3) is 4.69. The number of halogens is 2. The summed E-state index contributed by atoms with van der Waals surface area (Å²) in [4.78, 5) is 0. The first-order valence-electron chi connectivity index (χ1n) is 7.88. The van der Waals surface area contributed by atoms with Crippen LogP contribution in [-0.2, 0) is 6.61 Å². The first-order valence-corrected chi connectivity index (χ1v) is 7.88. The summed E-state index contributed by atoms with van der Waals surface area (Å²) in [6, 6.07) is 11.3. The molecule has 0 aliphatic heterocycles. The molecule has 2 rings (SSSR count). The topological polar surface area (TPSA) is 42.2 Å². The van der Waals surface area contributed by atoms with Gasteiger partial charge in [-0.1, -0.05) is 31.9 Å². The van der Waals surface area contributed by atoms with Gasteiger partial charge in [-0.3, -0.25) is 0 Å². The van der Waals surface area contributed by atoms with E-state index in [0.717, 1.165) is 30.6 Å². The monoisotopic (exact) mass is 331 g/mol. The summed E-state index contributed by atoms with van der Waals surface area (Å²) in [6.45, 7) is 2.91. The smallest absolute Gasteiger partial charge is 0.202 e. The largest absolute Gasteiger partial charge is 0.494 e. The van der Waals surface area contributed by atoms with Gasteiger partial charge in [0.15, 0.2) is 11.6 Å². The number of hydrogen-bond donors (Lipinski definition) is 0. The Balaban J connectivity index is 1.91. The molecule has 0 atom stereocenters. The van der Waals surface area contributed by atoms with Crippen molar-refractivity contribution in [2.75, 3.05) is 6.61 Å². The minimum Gasteiger partial charge on any atom is -0.494 e. The minimum absolute atomic E-state index is 0.0956. The highest BCUT2D eigenvalue weighted by Gasteiger charge is 2.14. The average molecular weight is 331 g/mol. The van der Waals surface area contributed by atoms with E-state index in [1.165, 1.54) is 12.1 Å². The number of unbranched alkanes of at least 4 members (excludes halogenated alkanes) is 2. The molecule has 24 heavy (non-hydrogen) atoms. The molecular formula is C19H19F2NO2. The summed E-state index contributed by atoms with van der Waals surface area (Å²) in [5.41, 5.74) is 0.463. The van der Waals surface area contributed by atoms with Gasteiger partial charge in [0.25, 0.3) is 0 Å². The molecule has 0 radical (unpaired) electrons. The molecule has 0 bridgehead atoms. The molecule has 0 spiro atoms. The van der Waals surface area contributed by atoms with E-state index in [9.17, 15) is 8.78 Å². The van der Waals surface area contributed by atoms with Gasteiger partial charge in [0.2, 0.25) is 5.82 Å². The molecule has 0 unspecified atom stereocenters. The Hall–Kier alpha value is -2.61. The van der Waals surface area contributed by atoms with Crippen LogP contribution < -0.4 is 9.47 Å². The second-order valence-electron chi connectivity index (χ2n) is 5.34. The third-order valence-electron chi connectivity index (χ3n) is 3.50. The van der Waals surface area contributed by atoms with Crippen LogP contribution in [0.2, 0.25) is 0 Å². The molecule has 0 N–H and O–H groups in total. The van der Waals surface area contributed by atoms with Crippen molar-refractivity contribution in [3.63, 3.8) is 0 Å². The van der Waals surface area contributed by atoms with E-state index in [2.05, 4.69) is 6.92 Å². The zero-order valence-electron chi connectivity index (χ0n) is 13.5.